The first kappa shape index (κ1) is 20.6. The first-order valence-corrected chi connectivity index (χ1v) is 10.0. The number of fused-ring (bicyclic) bond motifs is 2. The third kappa shape index (κ3) is 3.88. The van der Waals surface area contributed by atoms with E-state index in [-0.39, 0.29) is 17.0 Å². The van der Waals surface area contributed by atoms with E-state index in [0.29, 0.717) is 16.9 Å². The first-order valence-electron chi connectivity index (χ1n) is 10.0. The summed E-state index contributed by atoms with van der Waals surface area (Å²) < 4.78 is 5.47. The molecule has 1 aliphatic heterocycles. The summed E-state index contributed by atoms with van der Waals surface area (Å²) in [4.78, 5) is 25.1. The van der Waals surface area contributed by atoms with Gasteiger partial charge in [-0.05, 0) is 61.6 Å². The summed E-state index contributed by atoms with van der Waals surface area (Å²) in [5.41, 5.74) is 6.25. The van der Waals surface area contributed by atoms with Crippen molar-refractivity contribution >= 4 is 34.5 Å². The first-order chi connectivity index (χ1) is 14.7. The van der Waals surface area contributed by atoms with Crippen LogP contribution in [-0.2, 0) is 0 Å². The van der Waals surface area contributed by atoms with Crippen LogP contribution in [0.1, 0.15) is 54.8 Å². The molecule has 1 aliphatic rings. The number of anilines is 1. The average Bonchev–Trinajstić information content (AvgIpc) is 3.15. The van der Waals surface area contributed by atoms with Crippen LogP contribution in [0, 0.1) is 10.1 Å². The van der Waals surface area contributed by atoms with Crippen molar-refractivity contribution in [2.75, 3.05) is 11.9 Å². The number of hydrazone groups is 1. The molecule has 8 nitrogen and oxygen atoms in total. The van der Waals surface area contributed by atoms with Gasteiger partial charge in [0.05, 0.1) is 11.1 Å². The fourth-order valence-corrected chi connectivity index (χ4v) is 4.15. The Labute approximate surface area is 179 Å². The van der Waals surface area contributed by atoms with Gasteiger partial charge < -0.3 is 9.32 Å². The Balaban J connectivity index is 1.49. The molecule has 0 saturated heterocycles. The zero-order valence-corrected chi connectivity index (χ0v) is 17.9. The van der Waals surface area contributed by atoms with Gasteiger partial charge in [-0.2, -0.15) is 5.10 Å². The maximum absolute atomic E-state index is 12.4. The summed E-state index contributed by atoms with van der Waals surface area (Å²) >= 11 is 0. The molecule has 1 amide bonds. The SMILES string of the molecule is CC1CC(C)(C)N(C)c2ccc(/C=N\NC(=O)c3cc4cc([N+](=O)[O-])ccc4o3)cc21. The fraction of sp³-hybridized carbons (Fsp3) is 0.304. The number of non-ortho nitro benzene ring substituents is 1. The molecular formula is C23H24N4O4. The van der Waals surface area contributed by atoms with Gasteiger partial charge in [-0.3, -0.25) is 14.9 Å². The third-order valence-corrected chi connectivity index (χ3v) is 5.97. The lowest BCUT2D eigenvalue weighted by molar-refractivity contribution is -0.384. The van der Waals surface area contributed by atoms with Gasteiger partial charge in [0.1, 0.15) is 5.58 Å². The second kappa shape index (κ2) is 7.54. The van der Waals surface area contributed by atoms with Crippen molar-refractivity contribution in [1.29, 1.82) is 0 Å². The van der Waals surface area contributed by atoms with E-state index in [4.69, 9.17) is 4.42 Å². The molecule has 160 valence electrons. The van der Waals surface area contributed by atoms with E-state index >= 15 is 0 Å². The molecule has 1 aromatic heterocycles. The molecule has 0 bridgehead atoms. The predicted molar refractivity (Wildman–Crippen MR) is 120 cm³/mol. The normalized spacial score (nSPS) is 17.7. The predicted octanol–water partition coefficient (Wildman–Crippen LogP) is 4.83. The fourth-order valence-electron chi connectivity index (χ4n) is 4.15. The molecule has 1 unspecified atom stereocenters. The van der Waals surface area contributed by atoms with Crippen LogP contribution in [0.25, 0.3) is 11.0 Å². The monoisotopic (exact) mass is 420 g/mol. The van der Waals surface area contributed by atoms with Gasteiger partial charge in [-0.25, -0.2) is 5.43 Å². The number of nitro groups is 1. The molecule has 0 saturated carbocycles. The van der Waals surface area contributed by atoms with Crippen LogP contribution in [0.15, 0.2) is 52.0 Å². The Morgan fingerprint density at radius 3 is 2.81 bits per heavy atom. The minimum absolute atomic E-state index is 0.0376. The minimum atomic E-state index is -0.525. The number of carbonyl (C=O) groups excluding carboxylic acids is 1. The van der Waals surface area contributed by atoms with Crippen LogP contribution in [0.5, 0.6) is 0 Å². The Morgan fingerprint density at radius 2 is 2.06 bits per heavy atom. The van der Waals surface area contributed by atoms with Crippen LogP contribution in [-0.4, -0.2) is 29.6 Å². The molecule has 0 radical (unpaired) electrons. The maximum Gasteiger partial charge on any atom is 0.307 e. The van der Waals surface area contributed by atoms with Crippen LogP contribution in [0.3, 0.4) is 0 Å². The summed E-state index contributed by atoms with van der Waals surface area (Å²) in [7, 11) is 2.11. The van der Waals surface area contributed by atoms with Crippen molar-refractivity contribution in [3.63, 3.8) is 0 Å². The number of amides is 1. The number of benzene rings is 2. The second-order valence-electron chi connectivity index (χ2n) is 8.58. The van der Waals surface area contributed by atoms with E-state index in [9.17, 15) is 14.9 Å². The van der Waals surface area contributed by atoms with Crippen molar-refractivity contribution in [2.45, 2.75) is 38.6 Å². The Bertz CT molecular complexity index is 1210. The van der Waals surface area contributed by atoms with Crippen LogP contribution in [0.2, 0.25) is 0 Å². The zero-order valence-electron chi connectivity index (χ0n) is 17.9. The quantitative estimate of drug-likeness (QED) is 0.370. The Kier molecular flexibility index (Phi) is 5.00. The number of nitrogens with one attached hydrogen (secondary N) is 1. The molecule has 0 spiro atoms. The van der Waals surface area contributed by atoms with Gasteiger partial charge in [-0.1, -0.05) is 13.0 Å². The molecular weight excluding hydrogens is 396 g/mol. The Hall–Kier alpha value is -3.68. The molecule has 4 rings (SSSR count). The van der Waals surface area contributed by atoms with Crippen molar-refractivity contribution in [2.24, 2.45) is 5.10 Å². The summed E-state index contributed by atoms with van der Waals surface area (Å²) in [5, 5.41) is 15.4. The van der Waals surface area contributed by atoms with Crippen molar-refractivity contribution in [3.05, 3.63) is 69.5 Å². The molecule has 1 atom stereocenters. The van der Waals surface area contributed by atoms with E-state index in [2.05, 4.69) is 55.4 Å². The summed E-state index contributed by atoms with van der Waals surface area (Å²) in [5.74, 6) is -0.0674. The van der Waals surface area contributed by atoms with Crippen molar-refractivity contribution in [1.82, 2.24) is 5.43 Å². The summed E-state index contributed by atoms with van der Waals surface area (Å²) in [6.07, 6.45) is 2.65. The highest BCUT2D eigenvalue weighted by molar-refractivity contribution is 5.97. The van der Waals surface area contributed by atoms with Gasteiger partial charge in [-0.15, -0.1) is 0 Å². The third-order valence-electron chi connectivity index (χ3n) is 5.97. The number of furan rings is 1. The van der Waals surface area contributed by atoms with E-state index < -0.39 is 10.8 Å². The summed E-state index contributed by atoms with van der Waals surface area (Å²) in [6, 6.07) is 11.8. The largest absolute Gasteiger partial charge is 0.451 e. The molecule has 1 N–H and O–H groups in total. The topological polar surface area (TPSA) is 101 Å². The maximum atomic E-state index is 12.4. The minimum Gasteiger partial charge on any atom is -0.451 e. The van der Waals surface area contributed by atoms with Gasteiger partial charge >= 0.3 is 5.91 Å². The standard InChI is InChI=1S/C23H24N4O4/c1-14-12-23(2,3)26(4)19-7-5-15(9-18(14)19)13-24-25-22(28)21-11-16-10-17(27(29)30)6-8-20(16)31-21/h5-11,13-14H,12H2,1-4H3,(H,25,28)/b24-13-. The molecule has 31 heavy (non-hydrogen) atoms. The van der Waals surface area contributed by atoms with Gasteiger partial charge in [0.15, 0.2) is 5.76 Å². The smallest absolute Gasteiger partial charge is 0.307 e. The number of nitro benzene ring substituents is 1. The highest BCUT2D eigenvalue weighted by Gasteiger charge is 2.33. The molecule has 0 fully saturated rings. The highest BCUT2D eigenvalue weighted by atomic mass is 16.6. The molecule has 2 aromatic carbocycles. The zero-order chi connectivity index (χ0) is 22.3. The number of hydrogen-bond donors (Lipinski definition) is 1. The molecule has 8 heteroatoms. The number of rotatable bonds is 4. The van der Waals surface area contributed by atoms with Gasteiger partial charge in [0, 0.05) is 35.8 Å². The number of hydrogen-bond acceptors (Lipinski definition) is 6. The van der Waals surface area contributed by atoms with Crippen LogP contribution in [0.4, 0.5) is 11.4 Å². The van der Waals surface area contributed by atoms with E-state index in [1.165, 1.54) is 35.5 Å². The lowest BCUT2D eigenvalue weighted by atomic mass is 9.80. The number of nitrogens with zero attached hydrogens (tertiary/aromatic N) is 3. The molecule has 3 aromatic rings. The van der Waals surface area contributed by atoms with Gasteiger partial charge in [0.2, 0.25) is 0 Å². The molecule has 2 heterocycles. The summed E-state index contributed by atoms with van der Waals surface area (Å²) in [6.45, 7) is 6.71. The van der Waals surface area contributed by atoms with E-state index in [1.807, 2.05) is 6.07 Å². The van der Waals surface area contributed by atoms with Crippen LogP contribution < -0.4 is 10.3 Å². The van der Waals surface area contributed by atoms with Gasteiger partial charge in [0.25, 0.3) is 5.69 Å². The van der Waals surface area contributed by atoms with Crippen molar-refractivity contribution in [3.8, 4) is 0 Å². The number of carbonyl (C=O) groups is 1. The van der Waals surface area contributed by atoms with E-state index in [1.54, 1.807) is 6.21 Å². The second-order valence-corrected chi connectivity index (χ2v) is 8.58. The average molecular weight is 420 g/mol. The lowest BCUT2D eigenvalue weighted by Crippen LogP contribution is -2.45. The Morgan fingerprint density at radius 1 is 1.29 bits per heavy atom. The molecule has 0 aliphatic carbocycles. The highest BCUT2D eigenvalue weighted by Crippen LogP contribution is 2.42. The van der Waals surface area contributed by atoms with Crippen LogP contribution >= 0.6 is 0 Å². The lowest BCUT2D eigenvalue weighted by Gasteiger charge is -2.45. The van der Waals surface area contributed by atoms with E-state index in [0.717, 1.165) is 12.0 Å². The van der Waals surface area contributed by atoms with Crippen molar-refractivity contribution < 1.29 is 14.1 Å².